The van der Waals surface area contributed by atoms with Crippen LogP contribution in [0.1, 0.15) is 0 Å². The van der Waals surface area contributed by atoms with E-state index >= 15 is 0 Å². The van der Waals surface area contributed by atoms with Crippen LogP contribution in [0.4, 0.5) is 5.82 Å². The number of nitrogens with zero attached hydrogens (tertiary/aromatic N) is 4. The van der Waals surface area contributed by atoms with Gasteiger partial charge in [0, 0.05) is 0 Å². The molecule has 1 heterocycles. The van der Waals surface area contributed by atoms with Gasteiger partial charge in [-0.15, -0.1) is 22.0 Å². The molecule has 0 bridgehead atoms. The lowest BCUT2D eigenvalue weighted by atomic mass is 10.6. The summed E-state index contributed by atoms with van der Waals surface area (Å²) in [5.74, 6) is 0.544. The molecule has 0 aliphatic carbocycles. The molecule has 1 aromatic rings. The van der Waals surface area contributed by atoms with Crippen molar-refractivity contribution in [1.82, 2.24) is 15.4 Å². The molecule has 0 N–H and O–H groups in total. The lowest BCUT2D eigenvalue weighted by Crippen LogP contribution is -1.86. The summed E-state index contributed by atoms with van der Waals surface area (Å²) >= 11 is 1.52. The molecule has 0 aliphatic rings. The average Bonchev–Trinajstić information content (AvgIpc) is 2.04. The SMILES string of the molecule is C=Nc1nnncc1SC. The van der Waals surface area contributed by atoms with Crippen molar-refractivity contribution in [2.45, 2.75) is 4.90 Å². The topological polar surface area (TPSA) is 51.0 Å². The zero-order chi connectivity index (χ0) is 7.40. The van der Waals surface area contributed by atoms with Crippen LogP contribution in [0.3, 0.4) is 0 Å². The number of aromatic nitrogens is 3. The Kier molecular flexibility index (Phi) is 2.33. The minimum Gasteiger partial charge on any atom is -0.242 e. The Bertz CT molecular complexity index is 237. The van der Waals surface area contributed by atoms with Gasteiger partial charge in [0.15, 0.2) is 5.82 Å². The van der Waals surface area contributed by atoms with E-state index in [9.17, 15) is 0 Å². The van der Waals surface area contributed by atoms with E-state index in [1.165, 1.54) is 11.8 Å². The minimum atomic E-state index is 0.544. The lowest BCUT2D eigenvalue weighted by Gasteiger charge is -1.94. The van der Waals surface area contributed by atoms with Crippen molar-refractivity contribution in [3.63, 3.8) is 0 Å². The van der Waals surface area contributed by atoms with Crippen molar-refractivity contribution in [1.29, 1.82) is 0 Å². The summed E-state index contributed by atoms with van der Waals surface area (Å²) in [6, 6.07) is 0. The average molecular weight is 154 g/mol. The van der Waals surface area contributed by atoms with E-state index in [4.69, 9.17) is 0 Å². The molecule has 0 saturated carbocycles. The van der Waals surface area contributed by atoms with Crippen molar-refractivity contribution in [3.8, 4) is 0 Å². The molecule has 0 amide bonds. The van der Waals surface area contributed by atoms with Gasteiger partial charge in [-0.2, -0.15) is 0 Å². The molecule has 0 radical (unpaired) electrons. The predicted molar refractivity (Wildman–Crippen MR) is 40.8 cm³/mol. The summed E-state index contributed by atoms with van der Waals surface area (Å²) < 4.78 is 0. The van der Waals surface area contributed by atoms with Gasteiger partial charge in [-0.3, -0.25) is 0 Å². The molecule has 0 aromatic carbocycles. The second kappa shape index (κ2) is 3.26. The van der Waals surface area contributed by atoms with Gasteiger partial charge in [0.1, 0.15) is 0 Å². The Balaban J connectivity index is 3.08. The molecule has 52 valence electrons. The highest BCUT2D eigenvalue weighted by Crippen LogP contribution is 2.21. The Morgan fingerprint density at radius 3 is 3.00 bits per heavy atom. The van der Waals surface area contributed by atoms with Crippen LogP contribution in [0.2, 0.25) is 0 Å². The van der Waals surface area contributed by atoms with E-state index in [1.807, 2.05) is 6.26 Å². The van der Waals surface area contributed by atoms with Crippen LogP contribution in [-0.4, -0.2) is 28.4 Å². The molecule has 1 rings (SSSR count). The van der Waals surface area contributed by atoms with Crippen LogP contribution in [0.25, 0.3) is 0 Å². The predicted octanol–water partition coefficient (Wildman–Crippen LogP) is 0.926. The maximum atomic E-state index is 3.66. The summed E-state index contributed by atoms with van der Waals surface area (Å²) in [5.41, 5.74) is 0. The van der Waals surface area contributed by atoms with Gasteiger partial charge in [0.05, 0.1) is 11.1 Å². The third-order valence-electron chi connectivity index (χ3n) is 0.956. The van der Waals surface area contributed by atoms with Gasteiger partial charge in [-0.25, -0.2) is 4.99 Å². The highest BCUT2D eigenvalue weighted by atomic mass is 32.2. The summed E-state index contributed by atoms with van der Waals surface area (Å²) in [6.07, 6.45) is 3.54. The first kappa shape index (κ1) is 7.14. The Morgan fingerprint density at radius 2 is 2.50 bits per heavy atom. The highest BCUT2D eigenvalue weighted by molar-refractivity contribution is 7.98. The molecule has 1 aromatic heterocycles. The third kappa shape index (κ3) is 1.30. The first-order valence-electron chi connectivity index (χ1n) is 2.57. The summed E-state index contributed by atoms with van der Waals surface area (Å²) in [7, 11) is 0. The number of thioether (sulfide) groups is 1. The second-order valence-corrected chi connectivity index (χ2v) is 2.33. The first-order chi connectivity index (χ1) is 4.88. The Hall–Kier alpha value is -0.970. The van der Waals surface area contributed by atoms with Crippen LogP contribution < -0.4 is 0 Å². The number of hydrogen-bond donors (Lipinski definition) is 0. The van der Waals surface area contributed by atoms with E-state index in [1.54, 1.807) is 6.20 Å². The number of rotatable bonds is 2. The molecule has 10 heavy (non-hydrogen) atoms. The van der Waals surface area contributed by atoms with Crippen molar-refractivity contribution in [2.75, 3.05) is 6.26 Å². The van der Waals surface area contributed by atoms with Gasteiger partial charge in [-0.1, -0.05) is 0 Å². The molecule has 0 spiro atoms. The monoisotopic (exact) mass is 154 g/mol. The van der Waals surface area contributed by atoms with Gasteiger partial charge in [0.25, 0.3) is 0 Å². The van der Waals surface area contributed by atoms with E-state index < -0.39 is 0 Å². The lowest BCUT2D eigenvalue weighted by molar-refractivity contribution is 0.840. The van der Waals surface area contributed by atoms with Crippen LogP contribution in [0, 0.1) is 0 Å². The van der Waals surface area contributed by atoms with Crippen LogP contribution in [0.15, 0.2) is 16.1 Å². The summed E-state index contributed by atoms with van der Waals surface area (Å²) in [5, 5.41) is 10.7. The van der Waals surface area contributed by atoms with E-state index in [0.29, 0.717) is 5.82 Å². The van der Waals surface area contributed by atoms with Gasteiger partial charge in [-0.05, 0) is 18.2 Å². The third-order valence-corrected chi connectivity index (χ3v) is 1.68. The molecular formula is C5H6N4S. The highest BCUT2D eigenvalue weighted by Gasteiger charge is 1.98. The van der Waals surface area contributed by atoms with E-state index in [2.05, 4.69) is 27.1 Å². The van der Waals surface area contributed by atoms with Gasteiger partial charge >= 0.3 is 0 Å². The van der Waals surface area contributed by atoms with Crippen molar-refractivity contribution in [2.24, 2.45) is 4.99 Å². The molecule has 0 saturated heterocycles. The number of aliphatic imine (C=N–C) groups is 1. The second-order valence-electron chi connectivity index (χ2n) is 1.48. The Morgan fingerprint density at radius 1 is 1.70 bits per heavy atom. The fraction of sp³-hybridized carbons (Fsp3) is 0.200. The fourth-order valence-corrected chi connectivity index (χ4v) is 0.947. The standard InChI is InChI=1S/C5H6N4S/c1-6-5-4(10-2)3-7-9-8-5/h3H,1H2,2H3. The van der Waals surface area contributed by atoms with Crippen LogP contribution >= 0.6 is 11.8 Å². The van der Waals surface area contributed by atoms with Crippen LogP contribution in [0.5, 0.6) is 0 Å². The quantitative estimate of drug-likeness (QED) is 0.469. The largest absolute Gasteiger partial charge is 0.242 e. The summed E-state index contributed by atoms with van der Waals surface area (Å²) in [6.45, 7) is 3.35. The molecule has 5 heteroatoms. The van der Waals surface area contributed by atoms with E-state index in [0.717, 1.165) is 4.90 Å². The smallest absolute Gasteiger partial charge is 0.190 e. The molecule has 0 atom stereocenters. The molecule has 0 fully saturated rings. The van der Waals surface area contributed by atoms with Crippen LogP contribution in [-0.2, 0) is 0 Å². The maximum Gasteiger partial charge on any atom is 0.190 e. The van der Waals surface area contributed by atoms with Gasteiger partial charge in [0.2, 0.25) is 0 Å². The Labute approximate surface area is 62.8 Å². The zero-order valence-corrected chi connectivity index (χ0v) is 6.30. The molecular weight excluding hydrogens is 148 g/mol. The molecule has 0 unspecified atom stereocenters. The van der Waals surface area contributed by atoms with Gasteiger partial charge < -0.3 is 0 Å². The fourth-order valence-electron chi connectivity index (χ4n) is 0.507. The number of hydrogen-bond acceptors (Lipinski definition) is 5. The normalized spacial score (nSPS) is 9.30. The molecule has 4 nitrogen and oxygen atoms in total. The summed E-state index contributed by atoms with van der Waals surface area (Å²) in [4.78, 5) is 4.55. The zero-order valence-electron chi connectivity index (χ0n) is 5.48. The van der Waals surface area contributed by atoms with Crippen molar-refractivity contribution in [3.05, 3.63) is 6.20 Å². The van der Waals surface area contributed by atoms with Crippen molar-refractivity contribution >= 4 is 24.3 Å². The van der Waals surface area contributed by atoms with Crippen molar-refractivity contribution < 1.29 is 0 Å². The van der Waals surface area contributed by atoms with E-state index in [-0.39, 0.29) is 0 Å². The first-order valence-corrected chi connectivity index (χ1v) is 3.80. The maximum absolute atomic E-state index is 3.66. The molecule has 0 aliphatic heterocycles. The minimum absolute atomic E-state index is 0.544.